The first-order valence-electron chi connectivity index (χ1n) is 6.91. The Morgan fingerprint density at radius 3 is 2.70 bits per heavy atom. The second-order valence-corrected chi connectivity index (χ2v) is 5.21. The summed E-state index contributed by atoms with van der Waals surface area (Å²) in [5.74, 6) is 0.833. The summed E-state index contributed by atoms with van der Waals surface area (Å²) in [6.07, 6.45) is 0. The molecule has 0 saturated carbocycles. The molecule has 0 aromatic heterocycles. The number of methoxy groups -OCH3 is 1. The lowest BCUT2D eigenvalue weighted by molar-refractivity contribution is 0.196. The first-order valence-corrected chi connectivity index (χ1v) is 6.91. The summed E-state index contributed by atoms with van der Waals surface area (Å²) in [6, 6.07) is 6.51. The van der Waals surface area contributed by atoms with Crippen LogP contribution in [0, 0.1) is 0 Å². The summed E-state index contributed by atoms with van der Waals surface area (Å²) >= 11 is 0. The number of likely N-dealkylation sites (N-methyl/N-ethyl adjacent to an activating group) is 1. The molecule has 0 radical (unpaired) electrons. The van der Waals surface area contributed by atoms with Gasteiger partial charge >= 0.3 is 6.03 Å². The number of hydrogen-bond acceptors (Lipinski definition) is 3. The molecule has 5 nitrogen and oxygen atoms in total. The molecule has 5 heteroatoms. The van der Waals surface area contributed by atoms with Gasteiger partial charge < -0.3 is 19.9 Å². The lowest BCUT2D eigenvalue weighted by atomic mass is 10.0. The number of rotatable bonds is 5. The first-order chi connectivity index (χ1) is 9.56. The molecule has 1 saturated heterocycles. The maximum atomic E-state index is 12.0. The third-order valence-corrected chi connectivity index (χ3v) is 3.90. The largest absolute Gasteiger partial charge is 0.496 e. The lowest BCUT2D eigenvalue weighted by Gasteiger charge is -2.20. The van der Waals surface area contributed by atoms with Gasteiger partial charge in [-0.15, -0.1) is 0 Å². The maximum Gasteiger partial charge on any atom is 0.320 e. The lowest BCUT2D eigenvalue weighted by Crippen LogP contribution is -2.29. The Balaban J connectivity index is 2.22. The Kier molecular flexibility index (Phi) is 4.49. The molecule has 0 bridgehead atoms. The second-order valence-electron chi connectivity index (χ2n) is 5.21. The zero-order valence-corrected chi connectivity index (χ0v) is 12.6. The van der Waals surface area contributed by atoms with E-state index in [-0.39, 0.29) is 12.1 Å². The first kappa shape index (κ1) is 14.7. The third-order valence-electron chi connectivity index (χ3n) is 3.90. The number of nitrogens with one attached hydrogen (secondary N) is 1. The molecule has 0 aliphatic carbocycles. The van der Waals surface area contributed by atoms with E-state index >= 15 is 0 Å². The minimum absolute atomic E-state index is 0.0825. The quantitative estimate of drug-likeness (QED) is 0.893. The fraction of sp³-hybridized carbons (Fsp3) is 0.533. The highest BCUT2D eigenvalue weighted by Crippen LogP contribution is 2.25. The molecule has 1 unspecified atom stereocenters. The van der Waals surface area contributed by atoms with Gasteiger partial charge in [0.25, 0.3) is 0 Å². The monoisotopic (exact) mass is 277 g/mol. The van der Waals surface area contributed by atoms with Gasteiger partial charge in [0.1, 0.15) is 5.75 Å². The predicted octanol–water partition coefficient (Wildman–Crippen LogP) is 1.84. The highest BCUT2D eigenvalue weighted by atomic mass is 16.5. The zero-order valence-electron chi connectivity index (χ0n) is 12.6. The predicted molar refractivity (Wildman–Crippen MR) is 78.9 cm³/mol. The number of urea groups is 1. The van der Waals surface area contributed by atoms with Crippen LogP contribution in [0.3, 0.4) is 0 Å². The number of benzene rings is 1. The Morgan fingerprint density at radius 2 is 2.15 bits per heavy atom. The smallest absolute Gasteiger partial charge is 0.320 e. The van der Waals surface area contributed by atoms with E-state index in [1.54, 1.807) is 12.0 Å². The summed E-state index contributed by atoms with van der Waals surface area (Å²) in [5.41, 5.74) is 2.25. The van der Waals surface area contributed by atoms with Crippen LogP contribution >= 0.6 is 0 Å². The number of amides is 2. The molecule has 1 N–H and O–H groups in total. The summed E-state index contributed by atoms with van der Waals surface area (Å²) in [4.78, 5) is 15.6. The van der Waals surface area contributed by atoms with Crippen LogP contribution in [-0.4, -0.2) is 50.1 Å². The van der Waals surface area contributed by atoms with Crippen molar-refractivity contribution in [1.29, 1.82) is 0 Å². The van der Waals surface area contributed by atoms with Gasteiger partial charge in [-0.2, -0.15) is 0 Å². The maximum absolute atomic E-state index is 12.0. The standard InChI is InChI=1S/C15H23N3O2/c1-11(16-2)12-5-6-14(20-4)13(9-12)10-18-8-7-17(3)15(18)19/h5-6,9,11,16H,7-8,10H2,1-4H3. The van der Waals surface area contributed by atoms with Crippen molar-refractivity contribution in [3.63, 3.8) is 0 Å². The van der Waals surface area contributed by atoms with Crippen molar-refractivity contribution in [2.24, 2.45) is 0 Å². The highest BCUT2D eigenvalue weighted by molar-refractivity contribution is 5.76. The fourth-order valence-electron chi connectivity index (χ4n) is 2.41. The molecule has 1 atom stereocenters. The van der Waals surface area contributed by atoms with E-state index in [2.05, 4.69) is 24.4 Å². The van der Waals surface area contributed by atoms with E-state index in [4.69, 9.17) is 4.74 Å². The van der Waals surface area contributed by atoms with Gasteiger partial charge in [-0.1, -0.05) is 6.07 Å². The number of carbonyl (C=O) groups is 1. The Bertz CT molecular complexity index is 490. The van der Waals surface area contributed by atoms with Gasteiger partial charge in [-0.25, -0.2) is 4.79 Å². The number of hydrogen-bond donors (Lipinski definition) is 1. The molecule has 1 aromatic rings. The Hall–Kier alpha value is -1.75. The molecule has 2 amide bonds. The minimum Gasteiger partial charge on any atom is -0.496 e. The van der Waals surface area contributed by atoms with E-state index < -0.39 is 0 Å². The van der Waals surface area contributed by atoms with Gasteiger partial charge in [0.05, 0.1) is 13.7 Å². The highest BCUT2D eigenvalue weighted by Gasteiger charge is 2.26. The van der Waals surface area contributed by atoms with Crippen LogP contribution < -0.4 is 10.1 Å². The molecule has 0 spiro atoms. The third kappa shape index (κ3) is 2.88. The Labute approximate surface area is 120 Å². The average Bonchev–Trinajstić information content (AvgIpc) is 2.78. The van der Waals surface area contributed by atoms with Crippen LogP contribution in [0.1, 0.15) is 24.1 Å². The molecule has 110 valence electrons. The van der Waals surface area contributed by atoms with Crippen molar-refractivity contribution >= 4 is 6.03 Å². The minimum atomic E-state index is 0.0825. The van der Waals surface area contributed by atoms with Gasteiger partial charge in [-0.3, -0.25) is 0 Å². The van der Waals surface area contributed by atoms with Crippen molar-refractivity contribution in [3.8, 4) is 5.75 Å². The molecular weight excluding hydrogens is 254 g/mol. The SMILES string of the molecule is CNC(C)c1ccc(OC)c(CN2CCN(C)C2=O)c1. The van der Waals surface area contributed by atoms with Gasteiger partial charge in [0.2, 0.25) is 0 Å². The summed E-state index contributed by atoms with van der Waals surface area (Å²) in [5, 5.41) is 3.23. The Morgan fingerprint density at radius 1 is 1.40 bits per heavy atom. The van der Waals surface area contributed by atoms with E-state index in [0.717, 1.165) is 24.4 Å². The fourth-order valence-corrected chi connectivity index (χ4v) is 2.41. The van der Waals surface area contributed by atoms with Crippen molar-refractivity contribution < 1.29 is 9.53 Å². The molecule has 1 aromatic carbocycles. The summed E-state index contributed by atoms with van der Waals surface area (Å²) in [6.45, 7) is 4.26. The van der Waals surface area contributed by atoms with E-state index in [1.807, 2.05) is 25.1 Å². The van der Waals surface area contributed by atoms with Crippen LogP contribution in [-0.2, 0) is 6.54 Å². The average molecular weight is 277 g/mol. The van der Waals surface area contributed by atoms with Crippen LogP contribution in [0.4, 0.5) is 4.79 Å². The molecule has 1 fully saturated rings. The summed E-state index contributed by atoms with van der Waals surface area (Å²) < 4.78 is 5.41. The number of nitrogens with zero attached hydrogens (tertiary/aromatic N) is 2. The summed E-state index contributed by atoms with van der Waals surface area (Å²) in [7, 11) is 5.44. The van der Waals surface area contributed by atoms with Crippen molar-refractivity contribution in [2.75, 3.05) is 34.3 Å². The molecule has 1 aliphatic heterocycles. The van der Waals surface area contributed by atoms with Gasteiger partial charge in [0.15, 0.2) is 0 Å². The van der Waals surface area contributed by atoms with Crippen molar-refractivity contribution in [1.82, 2.24) is 15.1 Å². The topological polar surface area (TPSA) is 44.8 Å². The zero-order chi connectivity index (χ0) is 14.7. The number of carbonyl (C=O) groups excluding carboxylic acids is 1. The van der Waals surface area contributed by atoms with Crippen LogP contribution in [0.25, 0.3) is 0 Å². The van der Waals surface area contributed by atoms with Gasteiger partial charge in [-0.05, 0) is 31.7 Å². The van der Waals surface area contributed by atoms with E-state index in [9.17, 15) is 4.79 Å². The van der Waals surface area contributed by atoms with Crippen LogP contribution in [0.2, 0.25) is 0 Å². The van der Waals surface area contributed by atoms with Crippen molar-refractivity contribution in [2.45, 2.75) is 19.5 Å². The second kappa shape index (κ2) is 6.13. The van der Waals surface area contributed by atoms with Gasteiger partial charge in [0, 0.05) is 31.7 Å². The van der Waals surface area contributed by atoms with Crippen molar-refractivity contribution in [3.05, 3.63) is 29.3 Å². The van der Waals surface area contributed by atoms with Crippen LogP contribution in [0.15, 0.2) is 18.2 Å². The molecule has 20 heavy (non-hydrogen) atoms. The normalized spacial score (nSPS) is 16.7. The molecule has 2 rings (SSSR count). The molecular formula is C15H23N3O2. The van der Waals surface area contributed by atoms with E-state index in [0.29, 0.717) is 6.54 Å². The molecule has 1 aliphatic rings. The van der Waals surface area contributed by atoms with Crippen LogP contribution in [0.5, 0.6) is 5.75 Å². The number of ether oxygens (including phenoxy) is 1. The molecule has 1 heterocycles. The van der Waals surface area contributed by atoms with E-state index in [1.165, 1.54) is 5.56 Å².